The number of hydrogen-bond donors (Lipinski definition) is 0. The average molecular weight is 743 g/mol. The zero-order valence-corrected chi connectivity index (χ0v) is 37.6. The van der Waals surface area contributed by atoms with Crippen molar-refractivity contribution in [2.75, 3.05) is 0 Å². The Morgan fingerprint density at radius 1 is 0.340 bits per heavy atom. The van der Waals surface area contributed by atoms with Gasteiger partial charge < -0.3 is 0 Å². The van der Waals surface area contributed by atoms with E-state index in [1.165, 1.54) is 257 Å². The van der Waals surface area contributed by atoms with Gasteiger partial charge in [-0.05, 0) is 44.4 Å². The molecule has 0 aromatic rings. The van der Waals surface area contributed by atoms with E-state index in [0.29, 0.717) is 17.6 Å². The molecule has 1 heteroatoms. The largest absolute Gasteiger partial charge is 0.299 e. The number of ketones is 1. The highest BCUT2D eigenvalue weighted by atomic mass is 16.1. The Morgan fingerprint density at radius 3 is 0.943 bits per heavy atom. The van der Waals surface area contributed by atoms with Crippen LogP contribution in [0.25, 0.3) is 0 Å². The lowest BCUT2D eigenvalue weighted by molar-refractivity contribution is -0.124. The molecule has 0 saturated carbocycles. The lowest BCUT2D eigenvalue weighted by Gasteiger charge is -2.23. The van der Waals surface area contributed by atoms with Crippen molar-refractivity contribution in [1.82, 2.24) is 0 Å². The van der Waals surface area contributed by atoms with Gasteiger partial charge in [0, 0.05) is 12.3 Å². The Hall–Kier alpha value is -0.590. The molecule has 0 radical (unpaired) electrons. The minimum atomic E-state index is 0.321. The molecule has 0 saturated heterocycles. The summed E-state index contributed by atoms with van der Waals surface area (Å²) in [7, 11) is 0. The number of rotatable bonds is 46. The Bertz CT molecular complexity index is 708. The molecule has 0 aliphatic heterocycles. The van der Waals surface area contributed by atoms with E-state index in [2.05, 4.69) is 39.8 Å². The van der Waals surface area contributed by atoms with Gasteiger partial charge in [-0.2, -0.15) is 0 Å². The van der Waals surface area contributed by atoms with E-state index in [-0.39, 0.29) is 0 Å². The fraction of sp³-hybridized carbons (Fsp3) is 0.942. The first-order valence-electron chi connectivity index (χ1n) is 25.3. The van der Waals surface area contributed by atoms with Crippen LogP contribution in [0.2, 0.25) is 0 Å². The number of allylic oxidation sites excluding steroid dienone is 2. The van der Waals surface area contributed by atoms with E-state index < -0.39 is 0 Å². The van der Waals surface area contributed by atoms with Crippen molar-refractivity contribution < 1.29 is 4.79 Å². The van der Waals surface area contributed by atoms with Crippen LogP contribution >= 0.6 is 0 Å². The van der Waals surface area contributed by atoms with Crippen molar-refractivity contribution in [3.05, 3.63) is 12.2 Å². The minimum absolute atomic E-state index is 0.321. The first kappa shape index (κ1) is 52.4. The fourth-order valence-electron chi connectivity index (χ4n) is 8.56. The Balaban J connectivity index is 4.24. The molecule has 0 N–H and O–H groups in total. The SMILES string of the molecule is CCCCCCCC/C=C\CCCCCCCC(=O)C(CCCCCCCCCCCCCCCCC)C(C)CCCCCCCCCCCCCC. The average Bonchev–Trinajstić information content (AvgIpc) is 3.16. The third kappa shape index (κ3) is 40.9. The Morgan fingerprint density at radius 2 is 0.604 bits per heavy atom. The highest BCUT2D eigenvalue weighted by Crippen LogP contribution is 2.28. The van der Waals surface area contributed by atoms with Gasteiger partial charge in [0.05, 0.1) is 0 Å². The molecule has 0 amide bonds. The number of carbonyl (C=O) groups is 1. The first-order chi connectivity index (χ1) is 26.2. The topological polar surface area (TPSA) is 17.1 Å². The zero-order valence-electron chi connectivity index (χ0n) is 37.6. The summed E-state index contributed by atoms with van der Waals surface area (Å²) in [6.07, 6.45) is 63.4. The molecule has 0 fully saturated rings. The smallest absolute Gasteiger partial charge is 0.136 e. The van der Waals surface area contributed by atoms with Crippen molar-refractivity contribution in [2.45, 2.75) is 304 Å². The number of hydrogen-bond acceptors (Lipinski definition) is 1. The summed E-state index contributed by atoms with van der Waals surface area (Å²) in [5.41, 5.74) is 0. The normalized spacial score (nSPS) is 13.0. The Kier molecular flexibility index (Phi) is 45.3. The molecule has 0 aromatic heterocycles. The van der Waals surface area contributed by atoms with Gasteiger partial charge in [0.15, 0.2) is 0 Å². The molecule has 0 aromatic carbocycles. The zero-order chi connectivity index (χ0) is 38.6. The van der Waals surface area contributed by atoms with Gasteiger partial charge in [-0.3, -0.25) is 4.79 Å². The van der Waals surface area contributed by atoms with Crippen LogP contribution in [0.1, 0.15) is 304 Å². The molecule has 0 bridgehead atoms. The molecule has 2 atom stereocenters. The van der Waals surface area contributed by atoms with Crippen molar-refractivity contribution in [3.8, 4) is 0 Å². The minimum Gasteiger partial charge on any atom is -0.299 e. The van der Waals surface area contributed by atoms with Crippen LogP contribution in [0.3, 0.4) is 0 Å². The predicted molar refractivity (Wildman–Crippen MR) is 242 cm³/mol. The summed E-state index contributed by atoms with van der Waals surface area (Å²) in [5.74, 6) is 1.50. The maximum absolute atomic E-state index is 13.6. The molecule has 53 heavy (non-hydrogen) atoms. The van der Waals surface area contributed by atoms with E-state index in [1.807, 2.05) is 0 Å². The first-order valence-corrected chi connectivity index (χ1v) is 25.3. The van der Waals surface area contributed by atoms with Crippen molar-refractivity contribution in [2.24, 2.45) is 11.8 Å². The molecule has 0 aliphatic rings. The summed E-state index contributed by atoms with van der Waals surface area (Å²) in [6, 6.07) is 0. The summed E-state index contributed by atoms with van der Waals surface area (Å²) in [6.45, 7) is 9.33. The van der Waals surface area contributed by atoms with Crippen molar-refractivity contribution in [1.29, 1.82) is 0 Å². The maximum Gasteiger partial charge on any atom is 0.136 e. The number of carbonyl (C=O) groups excluding carboxylic acids is 1. The van der Waals surface area contributed by atoms with E-state index >= 15 is 0 Å². The quantitative estimate of drug-likeness (QED) is 0.0448. The highest BCUT2D eigenvalue weighted by molar-refractivity contribution is 5.81. The lowest BCUT2D eigenvalue weighted by atomic mass is 9.81. The van der Waals surface area contributed by atoms with E-state index in [4.69, 9.17) is 0 Å². The van der Waals surface area contributed by atoms with Gasteiger partial charge in [-0.1, -0.05) is 271 Å². The van der Waals surface area contributed by atoms with Crippen LogP contribution in [-0.2, 0) is 4.79 Å². The van der Waals surface area contributed by atoms with Gasteiger partial charge in [0.25, 0.3) is 0 Å². The summed E-state index contributed by atoms with van der Waals surface area (Å²) in [5, 5.41) is 0. The van der Waals surface area contributed by atoms with E-state index in [9.17, 15) is 4.79 Å². The number of Topliss-reactive ketones (excluding diaryl/α,β-unsaturated/α-hetero) is 1. The summed E-state index contributed by atoms with van der Waals surface area (Å²) >= 11 is 0. The van der Waals surface area contributed by atoms with Gasteiger partial charge in [0.1, 0.15) is 5.78 Å². The molecule has 0 aliphatic carbocycles. The molecular weight excluding hydrogens is 641 g/mol. The van der Waals surface area contributed by atoms with Crippen LogP contribution in [0.4, 0.5) is 0 Å². The molecule has 0 spiro atoms. The molecule has 0 rings (SSSR count). The second-order valence-corrected chi connectivity index (χ2v) is 17.8. The predicted octanol–water partition coefficient (Wildman–Crippen LogP) is 19.2. The second kappa shape index (κ2) is 45.8. The molecular formula is C52H102O. The molecule has 2 unspecified atom stereocenters. The van der Waals surface area contributed by atoms with Crippen LogP contribution in [0.15, 0.2) is 12.2 Å². The third-order valence-corrected chi connectivity index (χ3v) is 12.4. The Labute approximate surface area is 337 Å². The van der Waals surface area contributed by atoms with Crippen LogP contribution < -0.4 is 0 Å². The fourth-order valence-corrected chi connectivity index (χ4v) is 8.56. The van der Waals surface area contributed by atoms with Gasteiger partial charge >= 0.3 is 0 Å². The summed E-state index contributed by atoms with van der Waals surface area (Å²) in [4.78, 5) is 13.6. The van der Waals surface area contributed by atoms with Gasteiger partial charge in [-0.15, -0.1) is 0 Å². The molecule has 316 valence electrons. The molecule has 0 heterocycles. The maximum atomic E-state index is 13.6. The van der Waals surface area contributed by atoms with Crippen LogP contribution in [0.5, 0.6) is 0 Å². The third-order valence-electron chi connectivity index (χ3n) is 12.4. The standard InChI is InChI=1S/C52H102O/c1-5-8-11-14-17-20-23-26-28-30-33-36-39-42-45-48-51(50(4)47-44-41-38-35-32-25-22-19-16-13-10-7-3)52(53)49-46-43-40-37-34-31-29-27-24-21-18-15-12-9-6-2/h27,29,50-51H,5-26,28,30-49H2,1-4H3/b29-27-. The van der Waals surface area contributed by atoms with E-state index in [1.54, 1.807) is 0 Å². The highest BCUT2D eigenvalue weighted by Gasteiger charge is 2.23. The van der Waals surface area contributed by atoms with Gasteiger partial charge in [-0.25, -0.2) is 0 Å². The monoisotopic (exact) mass is 743 g/mol. The molecule has 1 nitrogen and oxygen atoms in total. The lowest BCUT2D eigenvalue weighted by Crippen LogP contribution is -2.22. The van der Waals surface area contributed by atoms with Crippen LogP contribution in [-0.4, -0.2) is 5.78 Å². The second-order valence-electron chi connectivity index (χ2n) is 17.8. The van der Waals surface area contributed by atoms with Crippen molar-refractivity contribution >= 4 is 5.78 Å². The van der Waals surface area contributed by atoms with E-state index in [0.717, 1.165) is 19.3 Å². The van der Waals surface area contributed by atoms with Gasteiger partial charge in [0.2, 0.25) is 0 Å². The van der Waals surface area contributed by atoms with Crippen molar-refractivity contribution in [3.63, 3.8) is 0 Å². The number of unbranched alkanes of at least 4 members (excludes halogenated alkanes) is 36. The van der Waals surface area contributed by atoms with Crippen LogP contribution in [0, 0.1) is 11.8 Å². The summed E-state index contributed by atoms with van der Waals surface area (Å²) < 4.78 is 0.